The van der Waals surface area contributed by atoms with E-state index in [1.807, 2.05) is 18.2 Å². The molecule has 1 aromatic carbocycles. The second-order valence-electron chi connectivity index (χ2n) is 5.84. The number of likely N-dealkylation sites (N-methyl/N-ethyl adjacent to an activating group) is 1. The van der Waals surface area contributed by atoms with Gasteiger partial charge in [-0.1, -0.05) is 23.7 Å². The summed E-state index contributed by atoms with van der Waals surface area (Å²) in [5.41, 5.74) is 0.773. The minimum absolute atomic E-state index is 0.0531. The van der Waals surface area contributed by atoms with Gasteiger partial charge in [0.1, 0.15) is 0 Å². The van der Waals surface area contributed by atoms with Gasteiger partial charge in [-0.05, 0) is 12.1 Å². The largest absolute Gasteiger partial charge is 0.441 e. The normalized spacial score (nSPS) is 17.3. The highest BCUT2D eigenvalue weighted by atomic mass is 35.5. The van der Waals surface area contributed by atoms with Crippen molar-refractivity contribution in [2.75, 3.05) is 13.6 Å². The van der Waals surface area contributed by atoms with Crippen LogP contribution in [0.1, 0.15) is 18.7 Å². The maximum Gasteiger partial charge on any atom is 0.224 e. The fraction of sp³-hybridized carbons (Fsp3) is 0.353. The molecule has 1 aliphatic rings. The SMILES string of the molecule is CN1CC(NC(=O)CCc2ncc(-c3ccccc3Cl)o2)CC1=O. The lowest BCUT2D eigenvalue weighted by atomic mass is 10.2. The number of carbonyl (C=O) groups excluding carboxylic acids is 2. The minimum atomic E-state index is -0.113. The molecule has 1 saturated heterocycles. The van der Waals surface area contributed by atoms with Crippen molar-refractivity contribution in [1.29, 1.82) is 0 Å². The molecular weight excluding hydrogens is 330 g/mol. The zero-order chi connectivity index (χ0) is 17.1. The number of amides is 2. The zero-order valence-electron chi connectivity index (χ0n) is 13.3. The van der Waals surface area contributed by atoms with Crippen LogP contribution in [-0.4, -0.2) is 41.3 Å². The number of nitrogens with one attached hydrogen (secondary N) is 1. The van der Waals surface area contributed by atoms with E-state index in [-0.39, 0.29) is 24.3 Å². The summed E-state index contributed by atoms with van der Waals surface area (Å²) in [4.78, 5) is 29.2. The van der Waals surface area contributed by atoms with Crippen molar-refractivity contribution >= 4 is 23.4 Å². The van der Waals surface area contributed by atoms with Gasteiger partial charge in [-0.15, -0.1) is 0 Å². The van der Waals surface area contributed by atoms with Crippen LogP contribution in [0.5, 0.6) is 0 Å². The number of halogens is 1. The van der Waals surface area contributed by atoms with Gasteiger partial charge in [0.25, 0.3) is 0 Å². The number of nitrogens with zero attached hydrogens (tertiary/aromatic N) is 2. The molecule has 2 heterocycles. The van der Waals surface area contributed by atoms with Crippen molar-refractivity contribution in [1.82, 2.24) is 15.2 Å². The highest BCUT2D eigenvalue weighted by molar-refractivity contribution is 6.33. The van der Waals surface area contributed by atoms with E-state index in [0.29, 0.717) is 36.1 Å². The van der Waals surface area contributed by atoms with Gasteiger partial charge in [0.05, 0.1) is 17.3 Å². The van der Waals surface area contributed by atoms with Crippen molar-refractivity contribution in [2.24, 2.45) is 0 Å². The van der Waals surface area contributed by atoms with Crippen molar-refractivity contribution in [3.8, 4) is 11.3 Å². The van der Waals surface area contributed by atoms with E-state index < -0.39 is 0 Å². The number of likely N-dealkylation sites (tertiary alicyclic amines) is 1. The maximum absolute atomic E-state index is 12.0. The van der Waals surface area contributed by atoms with Crippen LogP contribution in [0.25, 0.3) is 11.3 Å². The summed E-state index contributed by atoms with van der Waals surface area (Å²) in [6.07, 6.45) is 2.63. The standard InChI is InChI=1S/C17H18ClN3O3/c1-21-10-11(8-17(21)23)20-15(22)6-7-16-19-9-14(24-16)12-4-2-3-5-13(12)18/h2-5,9,11H,6-8,10H2,1H3,(H,20,22). The molecule has 1 N–H and O–H groups in total. The number of oxazole rings is 1. The summed E-state index contributed by atoms with van der Waals surface area (Å²) in [7, 11) is 1.73. The second-order valence-corrected chi connectivity index (χ2v) is 6.25. The molecule has 0 bridgehead atoms. The molecule has 24 heavy (non-hydrogen) atoms. The Labute approximate surface area is 144 Å². The first-order valence-corrected chi connectivity index (χ1v) is 8.13. The first kappa shape index (κ1) is 16.5. The molecular formula is C17H18ClN3O3. The Bertz CT molecular complexity index is 759. The molecule has 126 valence electrons. The Balaban J connectivity index is 1.53. The molecule has 2 aromatic rings. The Kier molecular flexibility index (Phi) is 4.85. The summed E-state index contributed by atoms with van der Waals surface area (Å²) < 4.78 is 5.67. The van der Waals surface area contributed by atoms with Crippen LogP contribution in [0.3, 0.4) is 0 Å². The molecule has 1 aromatic heterocycles. The molecule has 1 unspecified atom stereocenters. The highest BCUT2D eigenvalue weighted by Crippen LogP contribution is 2.28. The highest BCUT2D eigenvalue weighted by Gasteiger charge is 2.27. The van der Waals surface area contributed by atoms with Crippen LogP contribution >= 0.6 is 11.6 Å². The van der Waals surface area contributed by atoms with Crippen LogP contribution < -0.4 is 5.32 Å². The average molecular weight is 348 g/mol. The number of carbonyl (C=O) groups is 2. The predicted molar refractivity (Wildman–Crippen MR) is 89.5 cm³/mol. The van der Waals surface area contributed by atoms with E-state index in [1.54, 1.807) is 24.2 Å². The fourth-order valence-electron chi connectivity index (χ4n) is 2.69. The maximum atomic E-state index is 12.0. The van der Waals surface area contributed by atoms with Crippen molar-refractivity contribution in [3.63, 3.8) is 0 Å². The smallest absolute Gasteiger partial charge is 0.224 e. The molecule has 0 aliphatic carbocycles. The predicted octanol–water partition coefficient (Wildman–Crippen LogP) is 2.27. The summed E-state index contributed by atoms with van der Waals surface area (Å²) in [5.74, 6) is 1.01. The molecule has 2 amide bonds. The number of aryl methyl sites for hydroxylation is 1. The van der Waals surface area contributed by atoms with Gasteiger partial charge in [0.2, 0.25) is 11.8 Å². The van der Waals surface area contributed by atoms with E-state index in [4.69, 9.17) is 16.0 Å². The van der Waals surface area contributed by atoms with Gasteiger partial charge in [-0.2, -0.15) is 0 Å². The lowest BCUT2D eigenvalue weighted by molar-refractivity contribution is -0.126. The van der Waals surface area contributed by atoms with Gasteiger partial charge in [-0.3, -0.25) is 9.59 Å². The first-order valence-electron chi connectivity index (χ1n) is 7.76. The zero-order valence-corrected chi connectivity index (χ0v) is 14.0. The molecule has 6 nitrogen and oxygen atoms in total. The molecule has 7 heteroatoms. The molecule has 1 fully saturated rings. The van der Waals surface area contributed by atoms with E-state index in [9.17, 15) is 9.59 Å². The van der Waals surface area contributed by atoms with E-state index in [1.165, 1.54) is 0 Å². The third kappa shape index (κ3) is 3.76. The van der Waals surface area contributed by atoms with Gasteiger partial charge in [0, 0.05) is 38.4 Å². The minimum Gasteiger partial charge on any atom is -0.441 e. The average Bonchev–Trinajstić information content (AvgIpc) is 3.13. The van der Waals surface area contributed by atoms with Gasteiger partial charge < -0.3 is 14.6 Å². The number of hydrogen-bond donors (Lipinski definition) is 1. The topological polar surface area (TPSA) is 75.4 Å². The molecule has 1 aliphatic heterocycles. The van der Waals surface area contributed by atoms with E-state index in [0.717, 1.165) is 5.56 Å². The Morgan fingerprint density at radius 2 is 2.25 bits per heavy atom. The number of rotatable bonds is 5. The lowest BCUT2D eigenvalue weighted by Gasteiger charge is -2.11. The number of hydrogen-bond acceptors (Lipinski definition) is 4. The van der Waals surface area contributed by atoms with Crippen molar-refractivity contribution < 1.29 is 14.0 Å². The summed E-state index contributed by atoms with van der Waals surface area (Å²) >= 11 is 6.13. The summed E-state index contributed by atoms with van der Waals surface area (Å²) in [6, 6.07) is 7.24. The number of aromatic nitrogens is 1. The van der Waals surface area contributed by atoms with Crippen molar-refractivity contribution in [2.45, 2.75) is 25.3 Å². The monoisotopic (exact) mass is 347 g/mol. The summed E-state index contributed by atoms with van der Waals surface area (Å²) in [6.45, 7) is 0.556. The molecule has 1 atom stereocenters. The van der Waals surface area contributed by atoms with Crippen LogP contribution in [0.2, 0.25) is 5.02 Å². The molecule has 0 radical (unpaired) electrons. The molecule has 0 spiro atoms. The van der Waals surface area contributed by atoms with Crippen LogP contribution in [-0.2, 0) is 16.0 Å². The summed E-state index contributed by atoms with van der Waals surface area (Å²) in [5, 5.41) is 3.46. The van der Waals surface area contributed by atoms with Gasteiger partial charge in [-0.25, -0.2) is 4.98 Å². The van der Waals surface area contributed by atoms with Crippen molar-refractivity contribution in [3.05, 3.63) is 41.4 Å². The van der Waals surface area contributed by atoms with E-state index >= 15 is 0 Å². The van der Waals surface area contributed by atoms with Crippen LogP contribution in [0.15, 0.2) is 34.9 Å². The third-order valence-corrected chi connectivity index (χ3v) is 4.29. The fourth-order valence-corrected chi connectivity index (χ4v) is 2.92. The third-order valence-electron chi connectivity index (χ3n) is 3.96. The molecule has 0 saturated carbocycles. The lowest BCUT2D eigenvalue weighted by Crippen LogP contribution is -2.36. The Morgan fingerprint density at radius 3 is 2.96 bits per heavy atom. The van der Waals surface area contributed by atoms with Crippen LogP contribution in [0, 0.1) is 0 Å². The van der Waals surface area contributed by atoms with Crippen LogP contribution in [0.4, 0.5) is 0 Å². The Hall–Kier alpha value is -2.34. The second kappa shape index (κ2) is 7.05. The van der Waals surface area contributed by atoms with E-state index in [2.05, 4.69) is 10.3 Å². The number of benzene rings is 1. The van der Waals surface area contributed by atoms with Gasteiger partial charge in [0.15, 0.2) is 11.7 Å². The molecule has 3 rings (SSSR count). The van der Waals surface area contributed by atoms with Gasteiger partial charge >= 0.3 is 0 Å². The Morgan fingerprint density at radius 1 is 1.46 bits per heavy atom. The first-order chi connectivity index (χ1) is 11.5. The quantitative estimate of drug-likeness (QED) is 0.900.